The highest BCUT2D eigenvalue weighted by Gasteiger charge is 2.44. The molecule has 5 heterocycles. The van der Waals surface area contributed by atoms with Crippen molar-refractivity contribution in [2.24, 2.45) is 11.8 Å². The monoisotopic (exact) mass is 1250 g/mol. The van der Waals surface area contributed by atoms with Gasteiger partial charge >= 0.3 is 0 Å². The van der Waals surface area contributed by atoms with Gasteiger partial charge in [-0.1, -0.05) is 161 Å². The van der Waals surface area contributed by atoms with Crippen molar-refractivity contribution in [2.75, 3.05) is 32.8 Å². The maximum absolute atomic E-state index is 14.9. The molecule has 16 nitrogen and oxygen atoms in total. The van der Waals surface area contributed by atoms with E-state index in [1.165, 1.54) is 0 Å². The molecule has 5 aromatic carbocycles. The number of pyridine rings is 2. The van der Waals surface area contributed by atoms with Crippen LogP contribution in [-0.4, -0.2) is 101 Å². The lowest BCUT2D eigenvalue weighted by molar-refractivity contribution is 0.0316. The Balaban J connectivity index is 0.783. The number of sulfonamides is 2. The minimum Gasteiger partial charge on any atom is -0.379 e. The summed E-state index contributed by atoms with van der Waals surface area (Å²) in [6, 6.07) is 45.2. The van der Waals surface area contributed by atoms with Crippen LogP contribution < -0.4 is 9.44 Å². The molecule has 4 aromatic heterocycles. The molecule has 2 amide bonds. The zero-order valence-corrected chi connectivity index (χ0v) is 54.0. The fraction of sp³-hybridized carbons (Fsp3) is 0.288. The Kier molecular flexibility index (Phi) is 17.6. The van der Waals surface area contributed by atoms with E-state index < -0.39 is 42.5 Å². The minimum atomic E-state index is -4.38. The number of amides is 2. The van der Waals surface area contributed by atoms with Crippen molar-refractivity contribution in [3.05, 3.63) is 260 Å². The fourth-order valence-electron chi connectivity index (χ4n) is 13.2. The molecular weight excluding hydrogens is 1180 g/mol. The highest BCUT2D eigenvalue weighted by molar-refractivity contribution is 7.94. The summed E-state index contributed by atoms with van der Waals surface area (Å²) in [5.74, 6) is 0.129. The first-order valence-electron chi connectivity index (χ1n) is 31.1. The predicted octanol–water partition coefficient (Wildman–Crippen LogP) is 11.6. The largest absolute Gasteiger partial charge is 0.379 e. The summed E-state index contributed by atoms with van der Waals surface area (Å²) in [4.78, 5) is 50.1. The summed E-state index contributed by atoms with van der Waals surface area (Å²) in [5.41, 5.74) is 12.8. The summed E-state index contributed by atoms with van der Waals surface area (Å²) in [6.07, 6.45) is 10.8. The van der Waals surface area contributed by atoms with Crippen molar-refractivity contribution in [1.29, 1.82) is 0 Å². The lowest BCUT2D eigenvalue weighted by Gasteiger charge is -2.37. The van der Waals surface area contributed by atoms with Crippen LogP contribution >= 0.6 is 0 Å². The second-order valence-corrected chi connectivity index (χ2v) is 27.8. The second-order valence-electron chi connectivity index (χ2n) is 24.4. The van der Waals surface area contributed by atoms with Crippen LogP contribution in [0.1, 0.15) is 116 Å². The van der Waals surface area contributed by atoms with Crippen LogP contribution in [0, 0.1) is 32.6 Å². The summed E-state index contributed by atoms with van der Waals surface area (Å²) >= 11 is 0. The van der Waals surface area contributed by atoms with Gasteiger partial charge in [0.1, 0.15) is 27.9 Å². The first-order chi connectivity index (χ1) is 43.8. The quantitative estimate of drug-likeness (QED) is 0.0777. The Labute approximate surface area is 532 Å². The summed E-state index contributed by atoms with van der Waals surface area (Å²) in [6.45, 7) is 18.7. The Morgan fingerprint density at radius 3 is 1.87 bits per heavy atom. The van der Waals surface area contributed by atoms with Gasteiger partial charge in [-0.25, -0.2) is 46.2 Å². The van der Waals surface area contributed by atoms with Gasteiger partial charge in [0, 0.05) is 66.8 Å². The number of carbonyl (C=O) groups excluding carboxylic acids is 2. The number of morpholine rings is 1. The topological polar surface area (TPSA) is 200 Å². The molecule has 18 heteroatoms. The molecule has 0 saturated carbocycles. The molecule has 0 spiro atoms. The Morgan fingerprint density at radius 2 is 1.22 bits per heavy atom. The number of hydrogen-bond acceptors (Lipinski definition) is 12. The summed E-state index contributed by atoms with van der Waals surface area (Å²) < 4.78 is 72.9. The average Bonchev–Trinajstić information content (AvgIpc) is 0.989. The second kappa shape index (κ2) is 25.7. The van der Waals surface area contributed by atoms with Crippen LogP contribution in [0.2, 0.25) is 0 Å². The first-order valence-corrected chi connectivity index (χ1v) is 34.2. The van der Waals surface area contributed by atoms with Crippen LogP contribution in [0.3, 0.4) is 0 Å². The molecule has 1 fully saturated rings. The number of imidazole rings is 2. The van der Waals surface area contributed by atoms with E-state index in [2.05, 4.69) is 51.2 Å². The van der Waals surface area contributed by atoms with Crippen LogP contribution in [0.25, 0.3) is 33.5 Å². The van der Waals surface area contributed by atoms with Gasteiger partial charge < -0.3 is 13.9 Å². The highest BCUT2D eigenvalue weighted by Crippen LogP contribution is 2.42. The van der Waals surface area contributed by atoms with Gasteiger partial charge in [0.15, 0.2) is 11.3 Å². The van der Waals surface area contributed by atoms with Gasteiger partial charge in [-0.3, -0.25) is 14.5 Å². The van der Waals surface area contributed by atoms with Crippen LogP contribution in [0.15, 0.2) is 181 Å². The zero-order chi connectivity index (χ0) is 63.8. The van der Waals surface area contributed by atoms with Crippen LogP contribution in [0.5, 0.6) is 0 Å². The predicted molar refractivity (Wildman–Crippen MR) is 358 cm³/mol. The van der Waals surface area contributed by atoms with Gasteiger partial charge in [-0.15, -0.1) is 0 Å². The smallest absolute Gasteiger partial charge is 0.264 e. The molecule has 3 aliphatic rings. The maximum Gasteiger partial charge on any atom is 0.264 e. The Morgan fingerprint density at radius 1 is 0.626 bits per heavy atom. The lowest BCUT2D eigenvalue weighted by atomic mass is 9.74. The number of nitrogens with zero attached hydrogens (tertiary/aromatic N) is 7. The molecule has 12 rings (SSSR count). The number of carbonyl (C=O) groups is 2. The number of hydrogen-bond donors (Lipinski definition) is 2. The van der Waals surface area contributed by atoms with E-state index in [4.69, 9.17) is 24.7 Å². The zero-order valence-electron chi connectivity index (χ0n) is 52.4. The maximum atomic E-state index is 14.9. The molecule has 0 radical (unpaired) electrons. The van der Waals surface area contributed by atoms with E-state index in [1.807, 2.05) is 136 Å². The van der Waals surface area contributed by atoms with E-state index in [1.54, 1.807) is 60.7 Å². The molecule has 4 unspecified atom stereocenters. The first kappa shape index (κ1) is 62.3. The Bertz CT molecular complexity index is 4630. The van der Waals surface area contributed by atoms with Gasteiger partial charge in [0.25, 0.3) is 21.8 Å². The molecular formula is C73H75N9O7S2. The van der Waals surface area contributed by atoms with Crippen LogP contribution in [0.4, 0.5) is 0 Å². The molecule has 91 heavy (non-hydrogen) atoms. The molecule has 1 aliphatic heterocycles. The number of rotatable bonds is 19. The minimum absolute atomic E-state index is 0.00768. The number of allylic oxidation sites excluding steroid dienone is 5. The van der Waals surface area contributed by atoms with E-state index in [9.17, 15) is 26.4 Å². The van der Waals surface area contributed by atoms with Gasteiger partial charge in [0.05, 0.1) is 31.2 Å². The third-order valence-corrected chi connectivity index (χ3v) is 21.2. The van der Waals surface area contributed by atoms with Crippen molar-refractivity contribution in [3.63, 3.8) is 0 Å². The number of ether oxygens (including phenoxy) is 1. The van der Waals surface area contributed by atoms with E-state index in [-0.39, 0.29) is 27.9 Å². The third kappa shape index (κ3) is 12.9. The van der Waals surface area contributed by atoms with Gasteiger partial charge in [0.2, 0.25) is 10.0 Å². The third-order valence-electron chi connectivity index (χ3n) is 18.0. The lowest BCUT2D eigenvalue weighted by Crippen LogP contribution is -2.48. The van der Waals surface area contributed by atoms with Crippen LogP contribution in [-0.2, 0) is 62.6 Å². The van der Waals surface area contributed by atoms with Crippen molar-refractivity contribution in [3.8, 4) is 0 Å². The van der Waals surface area contributed by atoms with Gasteiger partial charge in [-0.2, -0.15) is 0 Å². The molecule has 0 bridgehead atoms. The van der Waals surface area contributed by atoms with E-state index in [0.29, 0.717) is 50.4 Å². The van der Waals surface area contributed by atoms with Crippen molar-refractivity contribution in [2.45, 2.75) is 91.5 Å². The number of fused-ring (bicyclic) bond motifs is 2. The van der Waals surface area contributed by atoms with Crippen molar-refractivity contribution >= 4 is 65.3 Å². The van der Waals surface area contributed by atoms with E-state index >= 15 is 0 Å². The molecule has 1 saturated heterocycles. The standard InChI is InChI=1S/C73H75N9O7S2/c1-8-64-76-67-47(3)39-49(5)74-69(67)81(64)45-52-25-31-60(32-26-52)73(7)43-58(54-18-12-10-13-19-54)30-34-63(73)91(87,88)79-72(84)57-22-16-17-53(41-57)42-61-40-48(4)68-70(75-61)82(65(9-2)77-68)44-51-23-27-55(28-24-51)66-50(6)59(46-80-35-37-89-38-36-80)29-33-62(66)90(85,86)78-71(83)56-20-14-11-15-21-56/h10-34,39-41,43,50,59,63H,8-9,35-38,42,44-46H2,1-7H3,(H,78,83)(H,79,84). The molecule has 9 aromatic rings. The Hall–Kier alpha value is -8.94. The fourth-order valence-corrected chi connectivity index (χ4v) is 16.1. The molecule has 2 N–H and O–H groups in total. The SMILES string of the molecule is CCc1nc2c(C)cc(C)nc2n1Cc1ccc(C2(C)C=C(c3ccccc3)C=CC2S(=O)(=O)NC(=O)c2cccc(Cc3cc(C)c4nc(CC)n(Cc5ccc(C6=C(S(=O)(=O)NC(=O)c7ccccc7)C=CC(CN7CCOCC7)C6C)cc5)c4n3)c2)cc1. The normalized spacial score (nSPS) is 18.8. The number of aryl methyl sites for hydroxylation is 5. The molecule has 2 aliphatic carbocycles. The van der Waals surface area contributed by atoms with Crippen molar-refractivity contribution < 1.29 is 31.2 Å². The number of nitrogens with one attached hydrogen (secondary N) is 2. The highest BCUT2D eigenvalue weighted by atomic mass is 32.2. The van der Waals surface area contributed by atoms with E-state index in [0.717, 1.165) is 116 Å². The number of benzene rings is 5. The molecule has 4 atom stereocenters. The van der Waals surface area contributed by atoms with Gasteiger partial charge in [-0.05, 0) is 131 Å². The summed E-state index contributed by atoms with van der Waals surface area (Å²) in [5, 5.41) is -1.16. The average molecular weight is 1250 g/mol. The number of aromatic nitrogens is 6. The summed E-state index contributed by atoms with van der Waals surface area (Å²) in [7, 11) is -8.68. The van der Waals surface area contributed by atoms with Crippen molar-refractivity contribution in [1.82, 2.24) is 43.4 Å². The molecule has 466 valence electrons.